The molecule has 0 unspecified atom stereocenters. The topological polar surface area (TPSA) is 87.7 Å². The Kier molecular flexibility index (Phi) is 5.15. The molecule has 0 aliphatic rings. The highest BCUT2D eigenvalue weighted by molar-refractivity contribution is 9.11. The minimum atomic E-state index is -1.01. The number of nitrogens with one attached hydrogen (secondary N) is 1. The fourth-order valence-electron chi connectivity index (χ4n) is 1.25. The fourth-order valence-corrected chi connectivity index (χ4v) is 2.73. The third-order valence-electron chi connectivity index (χ3n) is 2.60. The van der Waals surface area contributed by atoms with Gasteiger partial charge in [-0.2, -0.15) is 0 Å². The summed E-state index contributed by atoms with van der Waals surface area (Å²) in [6, 6.07) is 3.98. The molecule has 0 aliphatic carbocycles. The van der Waals surface area contributed by atoms with Crippen molar-refractivity contribution in [3.05, 3.63) is 20.8 Å². The summed E-state index contributed by atoms with van der Waals surface area (Å²) in [5.41, 5.74) is 4.46. The van der Waals surface area contributed by atoms with Crippen molar-refractivity contribution in [2.75, 3.05) is 6.54 Å². The maximum absolute atomic E-state index is 11.9. The predicted molar refractivity (Wildman–Crippen MR) is 75.9 cm³/mol. The van der Waals surface area contributed by atoms with Crippen LogP contribution in [0.1, 0.15) is 18.7 Å². The van der Waals surface area contributed by atoms with Crippen LogP contribution in [-0.4, -0.2) is 23.5 Å². The first-order valence-corrected chi connectivity index (χ1v) is 6.99. The Balaban J connectivity index is 2.47. The molecule has 0 saturated heterocycles. The lowest BCUT2D eigenvalue weighted by Crippen LogP contribution is -2.46. The van der Waals surface area contributed by atoms with Crippen LogP contribution in [0.5, 0.6) is 0 Å². The first-order chi connectivity index (χ1) is 8.37. The van der Waals surface area contributed by atoms with E-state index in [9.17, 15) is 4.79 Å². The monoisotopic (exact) mass is 333 g/mol. The largest absolute Gasteiger partial charge is 0.409 e. The van der Waals surface area contributed by atoms with Gasteiger partial charge in [-0.1, -0.05) is 5.16 Å². The molecule has 5 nitrogen and oxygen atoms in total. The Morgan fingerprint density at radius 3 is 2.78 bits per heavy atom. The number of oxime groups is 1. The highest BCUT2D eigenvalue weighted by atomic mass is 79.9. The van der Waals surface area contributed by atoms with Gasteiger partial charge >= 0.3 is 0 Å². The zero-order chi connectivity index (χ0) is 13.8. The highest BCUT2D eigenvalue weighted by Gasteiger charge is 2.32. The average Bonchev–Trinajstić information content (AvgIpc) is 2.73. The van der Waals surface area contributed by atoms with E-state index in [1.165, 1.54) is 4.88 Å². The van der Waals surface area contributed by atoms with E-state index in [-0.39, 0.29) is 11.7 Å². The number of halogens is 1. The van der Waals surface area contributed by atoms with Gasteiger partial charge in [0.2, 0.25) is 5.91 Å². The smallest absolute Gasteiger partial charge is 0.233 e. The summed E-state index contributed by atoms with van der Waals surface area (Å²) in [6.07, 6.45) is 0.758. The maximum Gasteiger partial charge on any atom is 0.233 e. The van der Waals surface area contributed by atoms with E-state index >= 15 is 0 Å². The lowest BCUT2D eigenvalue weighted by Gasteiger charge is -2.21. The quantitative estimate of drug-likeness (QED) is 0.333. The van der Waals surface area contributed by atoms with E-state index in [1.807, 2.05) is 12.1 Å². The molecule has 7 heteroatoms. The van der Waals surface area contributed by atoms with Crippen molar-refractivity contribution in [3.8, 4) is 0 Å². The number of nitrogens with zero attached hydrogens (tertiary/aromatic N) is 1. The first kappa shape index (κ1) is 15.0. The molecule has 1 rings (SSSR count). The summed E-state index contributed by atoms with van der Waals surface area (Å²) in [7, 11) is 0. The lowest BCUT2D eigenvalue weighted by atomic mass is 9.91. The second-order valence-electron chi connectivity index (χ2n) is 4.32. The highest BCUT2D eigenvalue weighted by Crippen LogP contribution is 2.22. The van der Waals surface area contributed by atoms with Crippen LogP contribution in [0.2, 0.25) is 0 Å². The van der Waals surface area contributed by atoms with Crippen LogP contribution >= 0.6 is 27.3 Å². The molecule has 0 aliphatic heterocycles. The number of thiophene rings is 1. The second-order valence-corrected chi connectivity index (χ2v) is 6.87. The van der Waals surface area contributed by atoms with E-state index < -0.39 is 5.41 Å². The molecule has 1 amide bonds. The third kappa shape index (κ3) is 3.71. The molecule has 1 heterocycles. The number of nitrogens with two attached hydrogens (primary N) is 1. The van der Waals surface area contributed by atoms with Crippen molar-refractivity contribution in [1.29, 1.82) is 0 Å². The number of amidine groups is 1. The molecule has 100 valence electrons. The predicted octanol–water partition coefficient (Wildman–Crippen LogP) is 1.94. The number of amides is 1. The lowest BCUT2D eigenvalue weighted by molar-refractivity contribution is -0.126. The minimum Gasteiger partial charge on any atom is -0.409 e. The van der Waals surface area contributed by atoms with Gasteiger partial charge in [-0.15, -0.1) is 11.3 Å². The van der Waals surface area contributed by atoms with Gasteiger partial charge in [0.15, 0.2) is 5.84 Å². The molecule has 0 bridgehead atoms. The van der Waals surface area contributed by atoms with Crippen molar-refractivity contribution in [1.82, 2.24) is 5.32 Å². The fraction of sp³-hybridized carbons (Fsp3) is 0.455. The summed E-state index contributed by atoms with van der Waals surface area (Å²) < 4.78 is 1.07. The molecular formula is C11H16BrN3O2S. The first-order valence-electron chi connectivity index (χ1n) is 5.38. The van der Waals surface area contributed by atoms with Crippen molar-refractivity contribution in [2.45, 2.75) is 20.3 Å². The molecule has 0 radical (unpaired) electrons. The van der Waals surface area contributed by atoms with Crippen molar-refractivity contribution >= 4 is 39.0 Å². The zero-order valence-corrected chi connectivity index (χ0v) is 12.6. The van der Waals surface area contributed by atoms with Gasteiger partial charge < -0.3 is 16.3 Å². The second kappa shape index (κ2) is 6.19. The summed E-state index contributed by atoms with van der Waals surface area (Å²) in [5, 5.41) is 14.3. The molecule has 4 N–H and O–H groups in total. The molecule has 0 atom stereocenters. The number of rotatable bonds is 5. The van der Waals surface area contributed by atoms with Gasteiger partial charge in [-0.3, -0.25) is 4.79 Å². The van der Waals surface area contributed by atoms with Crippen molar-refractivity contribution < 1.29 is 10.0 Å². The SMILES string of the molecule is CC(C)(C(=O)NCCc1ccc(Br)s1)/C(N)=N/O. The van der Waals surface area contributed by atoms with Crippen LogP contribution in [0.4, 0.5) is 0 Å². The van der Waals surface area contributed by atoms with Crippen molar-refractivity contribution in [3.63, 3.8) is 0 Å². The Morgan fingerprint density at radius 2 is 2.28 bits per heavy atom. The molecular weight excluding hydrogens is 318 g/mol. The molecule has 18 heavy (non-hydrogen) atoms. The number of carbonyl (C=O) groups is 1. The van der Waals surface area contributed by atoms with Crippen LogP contribution < -0.4 is 11.1 Å². The van der Waals surface area contributed by atoms with E-state index in [2.05, 4.69) is 26.4 Å². The Bertz CT molecular complexity index is 457. The van der Waals surface area contributed by atoms with E-state index in [4.69, 9.17) is 10.9 Å². The summed E-state index contributed by atoms with van der Waals surface area (Å²) >= 11 is 5.02. The third-order valence-corrected chi connectivity index (χ3v) is 4.28. The van der Waals surface area contributed by atoms with E-state index in [1.54, 1.807) is 25.2 Å². The minimum absolute atomic E-state index is 0.0983. The molecule has 1 aromatic rings. The van der Waals surface area contributed by atoms with Gasteiger partial charge in [-0.25, -0.2) is 0 Å². The number of carbonyl (C=O) groups excluding carboxylic acids is 1. The van der Waals surface area contributed by atoms with Gasteiger partial charge in [-0.05, 0) is 48.3 Å². The van der Waals surface area contributed by atoms with Crippen LogP contribution in [0.15, 0.2) is 21.1 Å². The number of hydrogen-bond acceptors (Lipinski definition) is 4. The van der Waals surface area contributed by atoms with Gasteiger partial charge in [0.05, 0.1) is 3.79 Å². The normalized spacial score (nSPS) is 12.5. The summed E-state index contributed by atoms with van der Waals surface area (Å²) in [5.74, 6) is -0.354. The van der Waals surface area contributed by atoms with Crippen LogP contribution in [0, 0.1) is 5.41 Å². The van der Waals surface area contributed by atoms with Crippen molar-refractivity contribution in [2.24, 2.45) is 16.3 Å². The maximum atomic E-state index is 11.9. The summed E-state index contributed by atoms with van der Waals surface area (Å²) in [6.45, 7) is 3.74. The van der Waals surface area contributed by atoms with Gasteiger partial charge in [0.25, 0.3) is 0 Å². The van der Waals surface area contributed by atoms with Crippen LogP contribution in [-0.2, 0) is 11.2 Å². The Hall–Kier alpha value is -1.08. The van der Waals surface area contributed by atoms with E-state index in [0.29, 0.717) is 6.54 Å². The zero-order valence-electron chi connectivity index (χ0n) is 10.2. The standard InChI is InChI=1S/C11H16BrN3O2S/c1-11(2,9(13)15-17)10(16)14-6-5-7-3-4-8(12)18-7/h3-4,17H,5-6H2,1-2H3,(H2,13,15)(H,14,16). The van der Waals surface area contributed by atoms with Gasteiger partial charge in [0, 0.05) is 11.4 Å². The molecule has 0 aromatic carbocycles. The number of hydrogen-bond donors (Lipinski definition) is 3. The van der Waals surface area contributed by atoms with E-state index in [0.717, 1.165) is 10.2 Å². The van der Waals surface area contributed by atoms with Gasteiger partial charge in [0.1, 0.15) is 5.41 Å². The molecule has 0 saturated carbocycles. The van der Waals surface area contributed by atoms with Crippen LogP contribution in [0.25, 0.3) is 0 Å². The average molecular weight is 334 g/mol. The molecule has 0 spiro atoms. The van der Waals surface area contributed by atoms with Crippen LogP contribution in [0.3, 0.4) is 0 Å². The Morgan fingerprint density at radius 1 is 1.61 bits per heavy atom. The molecule has 1 aromatic heterocycles. The summed E-state index contributed by atoms with van der Waals surface area (Å²) in [4.78, 5) is 13.1. The Labute approximate surface area is 118 Å². The molecule has 0 fully saturated rings.